The summed E-state index contributed by atoms with van der Waals surface area (Å²) in [6.45, 7) is 4.34. The first-order chi connectivity index (χ1) is 14.4. The molecule has 4 rings (SSSR count). The van der Waals surface area contributed by atoms with Gasteiger partial charge in [-0.05, 0) is 43.7 Å². The lowest BCUT2D eigenvalue weighted by Crippen LogP contribution is -2.13. The summed E-state index contributed by atoms with van der Waals surface area (Å²) < 4.78 is 7.32. The van der Waals surface area contributed by atoms with Gasteiger partial charge in [-0.1, -0.05) is 46.6 Å². The van der Waals surface area contributed by atoms with Crippen LogP contribution in [0.1, 0.15) is 27.5 Å². The molecule has 0 aliphatic rings. The molecule has 30 heavy (non-hydrogen) atoms. The van der Waals surface area contributed by atoms with Crippen molar-refractivity contribution < 1.29 is 9.32 Å². The molecule has 0 spiro atoms. The topological polar surface area (TPSA) is 73.0 Å². The van der Waals surface area contributed by atoms with E-state index in [1.54, 1.807) is 31.3 Å². The van der Waals surface area contributed by atoms with Crippen molar-refractivity contribution in [3.63, 3.8) is 0 Å². The predicted octanol–water partition coefficient (Wildman–Crippen LogP) is 5.76. The maximum atomic E-state index is 13.0. The minimum Gasteiger partial charge on any atom is -0.360 e. The van der Waals surface area contributed by atoms with Crippen LogP contribution >= 0.6 is 23.2 Å². The first-order valence-electron chi connectivity index (χ1n) is 9.22. The third-order valence-corrected chi connectivity index (χ3v) is 5.41. The van der Waals surface area contributed by atoms with Crippen LogP contribution in [0.5, 0.6) is 0 Å². The molecule has 0 saturated heterocycles. The van der Waals surface area contributed by atoms with Crippen molar-refractivity contribution in [2.75, 3.05) is 5.32 Å². The molecule has 1 amide bonds. The van der Waals surface area contributed by atoms with Crippen molar-refractivity contribution in [1.82, 2.24) is 14.7 Å². The van der Waals surface area contributed by atoms with Gasteiger partial charge in [-0.2, -0.15) is 0 Å². The molecule has 0 radical (unpaired) electrons. The summed E-state index contributed by atoms with van der Waals surface area (Å²) in [4.78, 5) is 17.2. The SMILES string of the molecule is Cc1onc(-c2c(Cl)cccc2Cl)c1C(=O)Nc1ccc(Cn2ccnc2C)cc1. The normalized spacial score (nSPS) is 10.9. The fourth-order valence-corrected chi connectivity index (χ4v) is 3.77. The molecule has 2 heterocycles. The van der Waals surface area contributed by atoms with Crippen LogP contribution in [-0.2, 0) is 6.54 Å². The minimum atomic E-state index is -0.349. The largest absolute Gasteiger partial charge is 0.360 e. The minimum absolute atomic E-state index is 0.295. The molecular formula is C22H18Cl2N4O2. The standard InChI is InChI=1S/C22H18Cl2N4O2/c1-13-19(21(27-30-13)20-17(23)4-3-5-18(20)24)22(29)26-16-8-6-15(7-9-16)12-28-11-10-25-14(28)2/h3-11H,12H2,1-2H3,(H,26,29). The van der Waals surface area contributed by atoms with E-state index in [4.69, 9.17) is 27.7 Å². The lowest BCUT2D eigenvalue weighted by Gasteiger charge is -2.09. The molecule has 0 unspecified atom stereocenters. The Hall–Kier alpha value is -3.09. The van der Waals surface area contributed by atoms with E-state index in [1.807, 2.05) is 42.0 Å². The molecule has 0 fully saturated rings. The summed E-state index contributed by atoms with van der Waals surface area (Å²) in [5.41, 5.74) is 2.83. The Morgan fingerprint density at radius 1 is 1.10 bits per heavy atom. The summed E-state index contributed by atoms with van der Waals surface area (Å²) in [6.07, 6.45) is 3.70. The number of carbonyl (C=O) groups is 1. The molecule has 0 aliphatic heterocycles. The second-order valence-electron chi connectivity index (χ2n) is 6.81. The quantitative estimate of drug-likeness (QED) is 0.427. The summed E-state index contributed by atoms with van der Waals surface area (Å²) in [6, 6.07) is 12.7. The number of hydrogen-bond acceptors (Lipinski definition) is 4. The van der Waals surface area contributed by atoms with Crippen molar-refractivity contribution >= 4 is 34.8 Å². The summed E-state index contributed by atoms with van der Waals surface area (Å²) in [5, 5.41) is 7.69. The Balaban J connectivity index is 1.56. The third-order valence-electron chi connectivity index (χ3n) is 4.78. The van der Waals surface area contributed by atoms with Gasteiger partial charge in [-0.3, -0.25) is 4.79 Å². The van der Waals surface area contributed by atoms with Gasteiger partial charge in [-0.25, -0.2) is 4.98 Å². The second kappa shape index (κ2) is 8.34. The number of aromatic nitrogens is 3. The highest BCUT2D eigenvalue weighted by atomic mass is 35.5. The van der Waals surface area contributed by atoms with Crippen LogP contribution in [0, 0.1) is 13.8 Å². The average Bonchev–Trinajstić information content (AvgIpc) is 3.29. The van der Waals surface area contributed by atoms with Crippen LogP contribution in [0.4, 0.5) is 5.69 Å². The van der Waals surface area contributed by atoms with Crippen molar-refractivity contribution in [2.24, 2.45) is 0 Å². The molecule has 2 aromatic carbocycles. The van der Waals surface area contributed by atoms with E-state index in [9.17, 15) is 4.79 Å². The Bertz CT molecular complexity index is 1190. The van der Waals surface area contributed by atoms with E-state index >= 15 is 0 Å². The fourth-order valence-electron chi connectivity index (χ4n) is 3.19. The highest BCUT2D eigenvalue weighted by Gasteiger charge is 2.25. The highest BCUT2D eigenvalue weighted by molar-refractivity contribution is 6.39. The zero-order chi connectivity index (χ0) is 21.3. The molecule has 4 aromatic rings. The van der Waals surface area contributed by atoms with Gasteiger partial charge in [0.2, 0.25) is 0 Å². The number of benzene rings is 2. The van der Waals surface area contributed by atoms with Crippen molar-refractivity contribution in [1.29, 1.82) is 0 Å². The first-order valence-corrected chi connectivity index (χ1v) is 9.98. The fraction of sp³-hybridized carbons (Fsp3) is 0.136. The number of carbonyl (C=O) groups excluding carboxylic acids is 1. The number of aryl methyl sites for hydroxylation is 2. The summed E-state index contributed by atoms with van der Waals surface area (Å²) in [7, 11) is 0. The zero-order valence-electron chi connectivity index (χ0n) is 16.3. The van der Waals surface area contributed by atoms with Gasteiger partial charge >= 0.3 is 0 Å². The van der Waals surface area contributed by atoms with E-state index in [1.165, 1.54) is 0 Å². The maximum absolute atomic E-state index is 13.0. The number of halogens is 2. The molecule has 6 nitrogen and oxygen atoms in total. The second-order valence-corrected chi connectivity index (χ2v) is 7.63. The summed E-state index contributed by atoms with van der Waals surface area (Å²) in [5.74, 6) is 0.977. The molecule has 152 valence electrons. The van der Waals surface area contributed by atoms with Crippen molar-refractivity contribution in [2.45, 2.75) is 20.4 Å². The number of imidazole rings is 1. The Morgan fingerprint density at radius 2 is 1.80 bits per heavy atom. The van der Waals surface area contributed by atoms with E-state index < -0.39 is 0 Å². The van der Waals surface area contributed by atoms with Gasteiger partial charge in [0.1, 0.15) is 22.8 Å². The maximum Gasteiger partial charge on any atom is 0.261 e. The zero-order valence-corrected chi connectivity index (χ0v) is 17.8. The monoisotopic (exact) mass is 440 g/mol. The van der Waals surface area contributed by atoms with Gasteiger partial charge in [0, 0.05) is 30.2 Å². The Kier molecular flexibility index (Phi) is 5.61. The number of hydrogen-bond donors (Lipinski definition) is 1. The summed E-state index contributed by atoms with van der Waals surface area (Å²) >= 11 is 12.6. The van der Waals surface area contributed by atoms with E-state index in [0.717, 1.165) is 11.4 Å². The molecule has 0 saturated carbocycles. The van der Waals surface area contributed by atoms with Gasteiger partial charge < -0.3 is 14.4 Å². The van der Waals surface area contributed by atoms with Crippen LogP contribution in [-0.4, -0.2) is 20.6 Å². The molecule has 0 atom stereocenters. The number of anilines is 1. The van der Waals surface area contributed by atoms with Crippen LogP contribution in [0.15, 0.2) is 59.4 Å². The molecule has 2 aromatic heterocycles. The lowest BCUT2D eigenvalue weighted by molar-refractivity contribution is 0.102. The molecule has 8 heteroatoms. The van der Waals surface area contributed by atoms with E-state index in [0.29, 0.717) is 44.9 Å². The smallest absolute Gasteiger partial charge is 0.261 e. The van der Waals surface area contributed by atoms with Gasteiger partial charge in [-0.15, -0.1) is 0 Å². The van der Waals surface area contributed by atoms with Gasteiger partial charge in [0.15, 0.2) is 0 Å². The third kappa shape index (κ3) is 3.97. The number of amides is 1. The van der Waals surface area contributed by atoms with Crippen LogP contribution in [0.3, 0.4) is 0 Å². The van der Waals surface area contributed by atoms with E-state index in [-0.39, 0.29) is 5.91 Å². The van der Waals surface area contributed by atoms with Gasteiger partial charge in [0.05, 0.1) is 10.0 Å². The first kappa shape index (κ1) is 20.2. The predicted molar refractivity (Wildman–Crippen MR) is 117 cm³/mol. The lowest BCUT2D eigenvalue weighted by atomic mass is 10.1. The molecular weight excluding hydrogens is 423 g/mol. The number of rotatable bonds is 5. The van der Waals surface area contributed by atoms with E-state index in [2.05, 4.69) is 15.5 Å². The molecule has 1 N–H and O–H groups in total. The van der Waals surface area contributed by atoms with Gasteiger partial charge in [0.25, 0.3) is 5.91 Å². The average molecular weight is 441 g/mol. The molecule has 0 aliphatic carbocycles. The van der Waals surface area contributed by atoms with Crippen molar-refractivity contribution in [3.05, 3.63) is 87.6 Å². The van der Waals surface area contributed by atoms with Crippen molar-refractivity contribution in [3.8, 4) is 11.3 Å². The number of nitrogens with one attached hydrogen (secondary N) is 1. The van der Waals surface area contributed by atoms with Crippen LogP contribution in [0.2, 0.25) is 10.0 Å². The van der Waals surface area contributed by atoms with Crippen LogP contribution < -0.4 is 5.32 Å². The number of nitrogens with zero attached hydrogens (tertiary/aromatic N) is 3. The Labute approximate surface area is 183 Å². The molecule has 0 bridgehead atoms. The van der Waals surface area contributed by atoms with Crippen LogP contribution in [0.25, 0.3) is 11.3 Å². The Morgan fingerprint density at radius 3 is 2.43 bits per heavy atom. The highest BCUT2D eigenvalue weighted by Crippen LogP contribution is 2.37.